The van der Waals surface area contributed by atoms with Crippen molar-refractivity contribution in [1.29, 1.82) is 0 Å². The molecule has 0 saturated carbocycles. The summed E-state index contributed by atoms with van der Waals surface area (Å²) >= 11 is 1.53. The van der Waals surface area contributed by atoms with Crippen LogP contribution in [0.25, 0.3) is 0 Å². The average Bonchev–Trinajstić information content (AvgIpc) is 2.53. The first-order chi connectivity index (χ1) is 10.5. The lowest BCUT2D eigenvalue weighted by molar-refractivity contribution is -0.146. The smallest absolute Gasteiger partial charge is 0.306 e. The third kappa shape index (κ3) is 4.47. The number of amides is 1. The minimum Gasteiger partial charge on any atom is -0.481 e. The summed E-state index contributed by atoms with van der Waals surface area (Å²) in [5.74, 6) is -0.812. The van der Waals surface area contributed by atoms with Gasteiger partial charge in [0.1, 0.15) is 5.82 Å². The Morgan fingerprint density at radius 3 is 2.45 bits per heavy atom. The maximum absolute atomic E-state index is 12.8. The van der Waals surface area contributed by atoms with Crippen molar-refractivity contribution in [2.75, 3.05) is 18.8 Å². The largest absolute Gasteiger partial charge is 0.481 e. The van der Waals surface area contributed by atoms with Crippen molar-refractivity contribution in [3.8, 4) is 0 Å². The number of likely N-dealkylation sites (tertiary alicyclic amines) is 1. The second-order valence-electron chi connectivity index (χ2n) is 5.60. The quantitative estimate of drug-likeness (QED) is 0.846. The highest BCUT2D eigenvalue weighted by molar-refractivity contribution is 7.99. The highest BCUT2D eigenvalue weighted by atomic mass is 32.2. The third-order valence-electron chi connectivity index (χ3n) is 3.89. The molecule has 1 saturated heterocycles. The maximum Gasteiger partial charge on any atom is 0.306 e. The molecule has 1 unspecified atom stereocenters. The number of carbonyl (C=O) groups excluding carboxylic acids is 1. The lowest BCUT2D eigenvalue weighted by atomic mass is 9.96. The number of nitrogens with zero attached hydrogens (tertiary/aromatic N) is 1. The van der Waals surface area contributed by atoms with Gasteiger partial charge in [-0.15, -0.1) is 11.8 Å². The normalized spacial score (nSPS) is 17.3. The van der Waals surface area contributed by atoms with E-state index in [4.69, 9.17) is 5.11 Å². The van der Waals surface area contributed by atoms with Crippen molar-refractivity contribution >= 4 is 23.6 Å². The first-order valence-electron chi connectivity index (χ1n) is 7.37. The van der Waals surface area contributed by atoms with E-state index in [9.17, 15) is 14.0 Å². The van der Waals surface area contributed by atoms with Gasteiger partial charge in [0.25, 0.3) is 0 Å². The van der Waals surface area contributed by atoms with E-state index in [1.165, 1.54) is 23.9 Å². The predicted octanol–water partition coefficient (Wildman–Crippen LogP) is 2.88. The monoisotopic (exact) mass is 325 g/mol. The second kappa shape index (κ2) is 7.63. The van der Waals surface area contributed by atoms with Gasteiger partial charge in [-0.1, -0.05) is 6.92 Å². The maximum atomic E-state index is 12.8. The third-order valence-corrected chi connectivity index (χ3v) is 5.16. The van der Waals surface area contributed by atoms with E-state index >= 15 is 0 Å². The summed E-state index contributed by atoms with van der Waals surface area (Å²) < 4.78 is 12.8. The fourth-order valence-electron chi connectivity index (χ4n) is 2.48. The van der Waals surface area contributed by atoms with Gasteiger partial charge in [-0.3, -0.25) is 9.59 Å². The van der Waals surface area contributed by atoms with Gasteiger partial charge in [0.05, 0.1) is 5.92 Å². The van der Waals surface area contributed by atoms with Gasteiger partial charge in [-0.2, -0.15) is 0 Å². The molecular formula is C16H20FNO3S. The highest BCUT2D eigenvalue weighted by Gasteiger charge is 2.28. The van der Waals surface area contributed by atoms with E-state index in [0.29, 0.717) is 31.7 Å². The van der Waals surface area contributed by atoms with Crippen LogP contribution in [0.1, 0.15) is 19.8 Å². The Balaban J connectivity index is 1.80. The van der Waals surface area contributed by atoms with Crippen LogP contribution in [-0.2, 0) is 9.59 Å². The molecule has 0 aliphatic carbocycles. The van der Waals surface area contributed by atoms with Crippen LogP contribution in [0, 0.1) is 17.7 Å². The van der Waals surface area contributed by atoms with E-state index < -0.39 is 5.97 Å². The van der Waals surface area contributed by atoms with Crippen LogP contribution in [0.5, 0.6) is 0 Å². The molecule has 4 nitrogen and oxygen atoms in total. The molecule has 1 atom stereocenters. The minimum absolute atomic E-state index is 0.0680. The number of hydrogen-bond acceptors (Lipinski definition) is 3. The van der Waals surface area contributed by atoms with Gasteiger partial charge >= 0.3 is 5.97 Å². The van der Waals surface area contributed by atoms with Crippen molar-refractivity contribution in [3.05, 3.63) is 30.1 Å². The molecule has 0 radical (unpaired) electrons. The zero-order chi connectivity index (χ0) is 16.1. The van der Waals surface area contributed by atoms with Gasteiger partial charge in [0.15, 0.2) is 0 Å². The summed E-state index contributed by atoms with van der Waals surface area (Å²) in [5, 5.41) is 8.97. The number of piperidine rings is 1. The van der Waals surface area contributed by atoms with Crippen LogP contribution in [-0.4, -0.2) is 40.7 Å². The van der Waals surface area contributed by atoms with Crippen LogP contribution < -0.4 is 0 Å². The van der Waals surface area contributed by atoms with Crippen LogP contribution in [0.2, 0.25) is 0 Å². The fraction of sp³-hybridized carbons (Fsp3) is 0.500. The summed E-state index contributed by atoms with van der Waals surface area (Å²) in [6.45, 7) is 2.91. The van der Waals surface area contributed by atoms with Crippen LogP contribution in [0.4, 0.5) is 4.39 Å². The van der Waals surface area contributed by atoms with E-state index in [-0.39, 0.29) is 23.6 Å². The number of benzene rings is 1. The molecule has 1 heterocycles. The van der Waals surface area contributed by atoms with Gasteiger partial charge in [0, 0.05) is 29.7 Å². The second-order valence-corrected chi connectivity index (χ2v) is 6.70. The van der Waals surface area contributed by atoms with Gasteiger partial charge in [0.2, 0.25) is 5.91 Å². The van der Waals surface area contributed by atoms with Gasteiger partial charge < -0.3 is 10.0 Å². The highest BCUT2D eigenvalue weighted by Crippen LogP contribution is 2.24. The summed E-state index contributed by atoms with van der Waals surface area (Å²) in [4.78, 5) is 26.0. The van der Waals surface area contributed by atoms with Crippen LogP contribution in [0.15, 0.2) is 29.2 Å². The number of rotatable bonds is 5. The van der Waals surface area contributed by atoms with Gasteiger partial charge in [-0.05, 0) is 37.1 Å². The number of aliphatic carboxylic acids is 1. The molecule has 0 spiro atoms. The van der Waals surface area contributed by atoms with Gasteiger partial charge in [-0.25, -0.2) is 4.39 Å². The summed E-state index contributed by atoms with van der Waals surface area (Å²) in [7, 11) is 0. The zero-order valence-corrected chi connectivity index (χ0v) is 13.3. The Labute approximate surface area is 133 Å². The van der Waals surface area contributed by atoms with Crippen molar-refractivity contribution in [2.24, 2.45) is 11.8 Å². The van der Waals surface area contributed by atoms with Crippen molar-refractivity contribution < 1.29 is 19.1 Å². The molecule has 22 heavy (non-hydrogen) atoms. The predicted molar refractivity (Wildman–Crippen MR) is 83.2 cm³/mol. The first-order valence-corrected chi connectivity index (χ1v) is 8.36. The Hall–Kier alpha value is -1.56. The van der Waals surface area contributed by atoms with Crippen molar-refractivity contribution in [3.63, 3.8) is 0 Å². The van der Waals surface area contributed by atoms with E-state index in [2.05, 4.69) is 0 Å². The molecule has 1 amide bonds. The molecule has 1 aliphatic rings. The Bertz CT molecular complexity index is 527. The van der Waals surface area contributed by atoms with E-state index in [1.807, 2.05) is 6.92 Å². The molecule has 1 aliphatic heterocycles. The van der Waals surface area contributed by atoms with E-state index in [0.717, 1.165) is 4.90 Å². The first kappa shape index (κ1) is 16.8. The summed E-state index contributed by atoms with van der Waals surface area (Å²) in [6, 6.07) is 6.22. The topological polar surface area (TPSA) is 57.6 Å². The molecule has 0 aromatic heterocycles. The molecule has 6 heteroatoms. The zero-order valence-electron chi connectivity index (χ0n) is 12.5. The molecule has 120 valence electrons. The lowest BCUT2D eigenvalue weighted by Crippen LogP contribution is -2.43. The minimum atomic E-state index is -0.771. The molecule has 1 aromatic carbocycles. The fourth-order valence-corrected chi connectivity index (χ4v) is 3.40. The Morgan fingerprint density at radius 2 is 1.91 bits per heavy atom. The molecule has 2 rings (SSSR count). The number of carboxylic acids is 1. The summed E-state index contributed by atoms with van der Waals surface area (Å²) in [5.41, 5.74) is 0. The molecule has 1 fully saturated rings. The van der Waals surface area contributed by atoms with Crippen LogP contribution >= 0.6 is 11.8 Å². The SMILES string of the molecule is CC(CSc1ccc(F)cc1)C(=O)N1CCC(C(=O)O)CC1. The Kier molecular flexibility index (Phi) is 5.83. The molecule has 0 bridgehead atoms. The standard InChI is InChI=1S/C16H20FNO3S/c1-11(10-22-14-4-2-13(17)3-5-14)15(19)18-8-6-12(7-9-18)16(20)21/h2-5,11-12H,6-10H2,1H3,(H,20,21). The number of carbonyl (C=O) groups is 2. The van der Waals surface area contributed by atoms with E-state index in [1.54, 1.807) is 17.0 Å². The number of halogens is 1. The molecule has 1 aromatic rings. The Morgan fingerprint density at radius 1 is 1.32 bits per heavy atom. The van der Waals surface area contributed by atoms with Crippen molar-refractivity contribution in [2.45, 2.75) is 24.7 Å². The van der Waals surface area contributed by atoms with Crippen molar-refractivity contribution in [1.82, 2.24) is 4.90 Å². The number of thioether (sulfide) groups is 1. The number of hydrogen-bond donors (Lipinski definition) is 1. The summed E-state index contributed by atoms with van der Waals surface area (Å²) in [6.07, 6.45) is 1.05. The van der Waals surface area contributed by atoms with Crippen LogP contribution in [0.3, 0.4) is 0 Å². The molecular weight excluding hydrogens is 305 g/mol. The lowest BCUT2D eigenvalue weighted by Gasteiger charge is -2.32. The molecule has 1 N–H and O–H groups in total. The number of carboxylic acid groups (broad SMARTS) is 1. The average molecular weight is 325 g/mol.